The van der Waals surface area contributed by atoms with Crippen molar-refractivity contribution >= 4 is 5.97 Å². The molecule has 0 bridgehead atoms. The van der Waals surface area contributed by atoms with Crippen LogP contribution < -0.4 is 5.56 Å². The van der Waals surface area contributed by atoms with Crippen molar-refractivity contribution in [2.45, 2.75) is 32.6 Å². The standard InChI is InChI=1S/C10H14N2O3/c1-10(2,3)6-5-11-7(4-8(13)14)12-9(6)15/h5H,4H2,1-3H3,(H,13,14)(H,11,12,15). The Bertz CT molecular complexity index is 429. The Balaban J connectivity index is 3.10. The summed E-state index contributed by atoms with van der Waals surface area (Å²) in [6.45, 7) is 5.70. The van der Waals surface area contributed by atoms with Crippen LogP contribution in [-0.2, 0) is 16.6 Å². The topological polar surface area (TPSA) is 83.0 Å². The van der Waals surface area contributed by atoms with E-state index in [1.165, 1.54) is 6.20 Å². The largest absolute Gasteiger partial charge is 0.481 e. The van der Waals surface area contributed by atoms with Crippen LogP contribution in [0.25, 0.3) is 0 Å². The number of aromatic nitrogens is 2. The van der Waals surface area contributed by atoms with Gasteiger partial charge < -0.3 is 10.1 Å². The first-order valence-electron chi connectivity index (χ1n) is 4.61. The zero-order valence-corrected chi connectivity index (χ0v) is 9.00. The van der Waals surface area contributed by atoms with Crippen LogP contribution in [-0.4, -0.2) is 21.0 Å². The maximum atomic E-state index is 11.6. The first-order valence-corrected chi connectivity index (χ1v) is 4.61. The van der Waals surface area contributed by atoms with Crippen molar-refractivity contribution in [1.82, 2.24) is 9.97 Å². The molecule has 1 aromatic heterocycles. The first-order chi connectivity index (χ1) is 6.80. The van der Waals surface area contributed by atoms with E-state index in [2.05, 4.69) is 9.97 Å². The second-order valence-corrected chi connectivity index (χ2v) is 4.39. The van der Waals surface area contributed by atoms with E-state index < -0.39 is 5.97 Å². The molecule has 1 aromatic rings. The average molecular weight is 210 g/mol. The van der Waals surface area contributed by atoms with Crippen molar-refractivity contribution in [2.75, 3.05) is 0 Å². The van der Waals surface area contributed by atoms with Gasteiger partial charge in [-0.25, -0.2) is 4.98 Å². The molecule has 0 saturated carbocycles. The normalized spacial score (nSPS) is 11.4. The van der Waals surface area contributed by atoms with Gasteiger partial charge in [0.15, 0.2) is 0 Å². The molecule has 1 rings (SSSR count). The number of H-pyrrole nitrogens is 1. The van der Waals surface area contributed by atoms with Crippen LogP contribution in [0.3, 0.4) is 0 Å². The Morgan fingerprint density at radius 1 is 1.53 bits per heavy atom. The van der Waals surface area contributed by atoms with Gasteiger partial charge in [0, 0.05) is 11.8 Å². The molecule has 0 radical (unpaired) electrons. The van der Waals surface area contributed by atoms with Gasteiger partial charge in [0.1, 0.15) is 12.2 Å². The molecule has 1 heterocycles. The molecule has 0 aliphatic heterocycles. The van der Waals surface area contributed by atoms with Crippen LogP contribution in [0.5, 0.6) is 0 Å². The summed E-state index contributed by atoms with van der Waals surface area (Å²) in [5, 5.41) is 8.52. The molecule has 0 amide bonds. The van der Waals surface area contributed by atoms with E-state index in [-0.39, 0.29) is 23.2 Å². The van der Waals surface area contributed by atoms with Gasteiger partial charge in [0.05, 0.1) is 0 Å². The summed E-state index contributed by atoms with van der Waals surface area (Å²) in [5.41, 5.74) is -0.00658. The highest BCUT2D eigenvalue weighted by Gasteiger charge is 2.18. The molecule has 0 atom stereocenters. The minimum Gasteiger partial charge on any atom is -0.481 e. The van der Waals surface area contributed by atoms with Crippen molar-refractivity contribution in [3.8, 4) is 0 Å². The van der Waals surface area contributed by atoms with E-state index in [1.807, 2.05) is 20.8 Å². The number of aromatic amines is 1. The Kier molecular flexibility index (Phi) is 2.93. The Morgan fingerprint density at radius 2 is 2.13 bits per heavy atom. The fraction of sp³-hybridized carbons (Fsp3) is 0.500. The van der Waals surface area contributed by atoms with Crippen LogP contribution in [0.4, 0.5) is 0 Å². The van der Waals surface area contributed by atoms with Crippen LogP contribution in [0.1, 0.15) is 32.2 Å². The molecular weight excluding hydrogens is 196 g/mol. The Hall–Kier alpha value is -1.65. The van der Waals surface area contributed by atoms with Crippen LogP contribution in [0.15, 0.2) is 11.0 Å². The average Bonchev–Trinajstić information content (AvgIpc) is 1.99. The summed E-state index contributed by atoms with van der Waals surface area (Å²) >= 11 is 0. The summed E-state index contributed by atoms with van der Waals surface area (Å²) in [5.74, 6) is -0.831. The molecule has 15 heavy (non-hydrogen) atoms. The van der Waals surface area contributed by atoms with Gasteiger partial charge in [-0.2, -0.15) is 0 Å². The van der Waals surface area contributed by atoms with Gasteiger partial charge in [-0.3, -0.25) is 9.59 Å². The molecule has 0 aliphatic rings. The monoisotopic (exact) mass is 210 g/mol. The SMILES string of the molecule is CC(C)(C)c1cnc(CC(=O)O)[nH]c1=O. The van der Waals surface area contributed by atoms with Crippen molar-refractivity contribution in [2.24, 2.45) is 0 Å². The predicted octanol–water partition coefficient (Wildman–Crippen LogP) is 0.695. The molecule has 0 aliphatic carbocycles. The Labute approximate surface area is 87.2 Å². The number of hydrogen-bond acceptors (Lipinski definition) is 3. The maximum absolute atomic E-state index is 11.6. The highest BCUT2D eigenvalue weighted by molar-refractivity contribution is 5.68. The number of carboxylic acid groups (broad SMARTS) is 1. The van der Waals surface area contributed by atoms with E-state index in [1.54, 1.807) is 0 Å². The van der Waals surface area contributed by atoms with Crippen molar-refractivity contribution in [3.05, 3.63) is 27.9 Å². The second-order valence-electron chi connectivity index (χ2n) is 4.39. The van der Waals surface area contributed by atoms with Gasteiger partial charge in [-0.05, 0) is 5.41 Å². The van der Waals surface area contributed by atoms with Crippen molar-refractivity contribution < 1.29 is 9.90 Å². The molecule has 5 heteroatoms. The van der Waals surface area contributed by atoms with Crippen LogP contribution in [0, 0.1) is 0 Å². The predicted molar refractivity (Wildman–Crippen MR) is 54.9 cm³/mol. The minimum atomic E-state index is -1.01. The molecular formula is C10H14N2O3. The van der Waals surface area contributed by atoms with Gasteiger partial charge >= 0.3 is 5.97 Å². The van der Waals surface area contributed by atoms with E-state index in [0.717, 1.165) is 0 Å². The molecule has 82 valence electrons. The zero-order valence-electron chi connectivity index (χ0n) is 9.00. The molecule has 5 nitrogen and oxygen atoms in total. The quantitative estimate of drug-likeness (QED) is 0.752. The zero-order chi connectivity index (χ0) is 11.6. The third-order valence-corrected chi connectivity index (χ3v) is 1.98. The number of nitrogens with one attached hydrogen (secondary N) is 1. The van der Waals surface area contributed by atoms with E-state index >= 15 is 0 Å². The fourth-order valence-corrected chi connectivity index (χ4v) is 1.20. The number of nitrogens with zero attached hydrogens (tertiary/aromatic N) is 1. The first kappa shape index (κ1) is 11.4. The number of hydrogen-bond donors (Lipinski definition) is 2. The molecule has 0 unspecified atom stereocenters. The molecule has 0 spiro atoms. The number of rotatable bonds is 2. The second kappa shape index (κ2) is 3.84. The van der Waals surface area contributed by atoms with Crippen LogP contribution in [0.2, 0.25) is 0 Å². The Morgan fingerprint density at radius 3 is 2.53 bits per heavy atom. The summed E-state index contributed by atoms with van der Waals surface area (Å²) in [7, 11) is 0. The van der Waals surface area contributed by atoms with Gasteiger partial charge in [-0.15, -0.1) is 0 Å². The maximum Gasteiger partial charge on any atom is 0.311 e. The highest BCUT2D eigenvalue weighted by atomic mass is 16.4. The van der Waals surface area contributed by atoms with Crippen LogP contribution >= 0.6 is 0 Å². The molecule has 0 aromatic carbocycles. The number of aliphatic carboxylic acids is 1. The van der Waals surface area contributed by atoms with E-state index in [4.69, 9.17) is 5.11 Å². The minimum absolute atomic E-state index is 0.181. The molecule has 0 saturated heterocycles. The number of carbonyl (C=O) groups is 1. The lowest BCUT2D eigenvalue weighted by atomic mass is 9.89. The van der Waals surface area contributed by atoms with Crippen molar-refractivity contribution in [3.63, 3.8) is 0 Å². The third kappa shape index (κ3) is 2.90. The highest BCUT2D eigenvalue weighted by Crippen LogP contribution is 2.16. The summed E-state index contributed by atoms with van der Waals surface area (Å²) in [6.07, 6.45) is 1.18. The van der Waals surface area contributed by atoms with Gasteiger partial charge in [0.2, 0.25) is 0 Å². The number of carboxylic acids is 1. The van der Waals surface area contributed by atoms with Gasteiger partial charge in [0.25, 0.3) is 5.56 Å². The fourth-order valence-electron chi connectivity index (χ4n) is 1.20. The van der Waals surface area contributed by atoms with Gasteiger partial charge in [-0.1, -0.05) is 20.8 Å². The third-order valence-electron chi connectivity index (χ3n) is 1.98. The smallest absolute Gasteiger partial charge is 0.311 e. The molecule has 0 fully saturated rings. The lowest BCUT2D eigenvalue weighted by Crippen LogP contribution is -2.26. The summed E-state index contributed by atoms with van der Waals surface area (Å²) < 4.78 is 0. The van der Waals surface area contributed by atoms with E-state index in [9.17, 15) is 9.59 Å². The summed E-state index contributed by atoms with van der Waals surface area (Å²) in [4.78, 5) is 28.4. The lowest BCUT2D eigenvalue weighted by Gasteiger charge is -2.16. The van der Waals surface area contributed by atoms with E-state index in [0.29, 0.717) is 5.56 Å². The summed E-state index contributed by atoms with van der Waals surface area (Å²) in [6, 6.07) is 0. The molecule has 2 N–H and O–H groups in total. The lowest BCUT2D eigenvalue weighted by molar-refractivity contribution is -0.136. The van der Waals surface area contributed by atoms with Crippen molar-refractivity contribution in [1.29, 1.82) is 0 Å².